The molecule has 0 atom stereocenters. The summed E-state index contributed by atoms with van der Waals surface area (Å²) in [6, 6.07) is 7.70. The summed E-state index contributed by atoms with van der Waals surface area (Å²) in [5, 5.41) is 2.89. The molecule has 0 bridgehead atoms. The van der Waals surface area contributed by atoms with Gasteiger partial charge in [0.1, 0.15) is 0 Å². The molecule has 0 aromatic heterocycles. The second kappa shape index (κ2) is 8.34. The van der Waals surface area contributed by atoms with Crippen LogP contribution in [-0.4, -0.2) is 63.2 Å². The van der Waals surface area contributed by atoms with E-state index >= 15 is 0 Å². The number of amides is 2. The van der Waals surface area contributed by atoms with E-state index < -0.39 is 0 Å². The number of carbonyl (C=O) groups is 2. The smallest absolute Gasteiger partial charge is 0.251 e. The molecule has 2 amide bonds. The number of nitrogens with zero attached hydrogens (tertiary/aromatic N) is 2. The van der Waals surface area contributed by atoms with Crippen molar-refractivity contribution < 1.29 is 14.3 Å². The second-order valence-electron chi connectivity index (χ2n) is 6.74. The van der Waals surface area contributed by atoms with E-state index in [1.807, 2.05) is 29.2 Å². The van der Waals surface area contributed by atoms with Crippen molar-refractivity contribution in [2.24, 2.45) is 5.92 Å². The predicted molar refractivity (Wildman–Crippen MR) is 96.8 cm³/mol. The van der Waals surface area contributed by atoms with Crippen LogP contribution in [0.1, 0.15) is 29.6 Å². The van der Waals surface area contributed by atoms with Crippen LogP contribution in [-0.2, 0) is 9.53 Å². The summed E-state index contributed by atoms with van der Waals surface area (Å²) >= 11 is 0. The van der Waals surface area contributed by atoms with Crippen LogP contribution < -0.4 is 10.2 Å². The van der Waals surface area contributed by atoms with Crippen molar-refractivity contribution >= 4 is 17.5 Å². The quantitative estimate of drug-likeness (QED) is 0.761. The highest BCUT2D eigenvalue weighted by atomic mass is 16.5. The van der Waals surface area contributed by atoms with Crippen molar-refractivity contribution in [3.05, 3.63) is 29.8 Å². The zero-order valence-electron chi connectivity index (χ0n) is 14.9. The van der Waals surface area contributed by atoms with Crippen molar-refractivity contribution in [2.45, 2.75) is 19.3 Å². The lowest BCUT2D eigenvalue weighted by Gasteiger charge is -2.36. The minimum atomic E-state index is -0.0532. The van der Waals surface area contributed by atoms with Gasteiger partial charge >= 0.3 is 0 Å². The highest BCUT2D eigenvalue weighted by Gasteiger charge is 2.34. The van der Waals surface area contributed by atoms with Gasteiger partial charge in [0.2, 0.25) is 5.91 Å². The Morgan fingerprint density at radius 3 is 2.40 bits per heavy atom. The number of hydrogen-bond acceptors (Lipinski definition) is 4. The number of piperazine rings is 1. The van der Waals surface area contributed by atoms with Gasteiger partial charge in [-0.25, -0.2) is 0 Å². The Bertz CT molecular complexity index is 590. The molecule has 136 valence electrons. The molecule has 25 heavy (non-hydrogen) atoms. The van der Waals surface area contributed by atoms with Gasteiger partial charge in [0.15, 0.2) is 0 Å². The Labute approximate surface area is 149 Å². The Morgan fingerprint density at radius 2 is 1.80 bits per heavy atom. The van der Waals surface area contributed by atoms with Crippen LogP contribution in [0.2, 0.25) is 0 Å². The fourth-order valence-corrected chi connectivity index (χ4v) is 3.12. The molecule has 1 heterocycles. The molecule has 2 aliphatic rings. The molecule has 0 radical (unpaired) electrons. The lowest BCUT2D eigenvalue weighted by Crippen LogP contribution is -2.49. The lowest BCUT2D eigenvalue weighted by atomic mass is 10.1. The fourth-order valence-electron chi connectivity index (χ4n) is 3.12. The van der Waals surface area contributed by atoms with Crippen LogP contribution in [0.4, 0.5) is 5.69 Å². The summed E-state index contributed by atoms with van der Waals surface area (Å²) in [5.41, 5.74) is 1.78. The first-order chi connectivity index (χ1) is 12.2. The first kappa shape index (κ1) is 17.7. The molecule has 6 nitrogen and oxygen atoms in total. The van der Waals surface area contributed by atoms with E-state index in [0.29, 0.717) is 30.5 Å². The largest absolute Gasteiger partial charge is 0.385 e. The second-order valence-corrected chi connectivity index (χ2v) is 6.74. The van der Waals surface area contributed by atoms with Crippen molar-refractivity contribution in [3.63, 3.8) is 0 Å². The predicted octanol–water partition coefficient (Wildman–Crippen LogP) is 1.51. The Morgan fingerprint density at radius 1 is 1.12 bits per heavy atom. The molecular weight excluding hydrogens is 318 g/mol. The summed E-state index contributed by atoms with van der Waals surface area (Å²) in [4.78, 5) is 28.4. The topological polar surface area (TPSA) is 61.9 Å². The molecule has 1 aromatic rings. The number of carbonyl (C=O) groups excluding carboxylic acids is 2. The van der Waals surface area contributed by atoms with E-state index in [1.165, 1.54) is 0 Å². The minimum Gasteiger partial charge on any atom is -0.385 e. The average Bonchev–Trinajstić information content (AvgIpc) is 3.50. The number of methoxy groups -OCH3 is 1. The van der Waals surface area contributed by atoms with E-state index in [9.17, 15) is 9.59 Å². The molecule has 0 spiro atoms. The van der Waals surface area contributed by atoms with E-state index in [0.717, 1.165) is 51.1 Å². The normalized spacial score (nSPS) is 17.5. The summed E-state index contributed by atoms with van der Waals surface area (Å²) in [6.45, 7) is 4.54. The third-order valence-electron chi connectivity index (χ3n) is 4.82. The van der Waals surface area contributed by atoms with Gasteiger partial charge in [-0.15, -0.1) is 0 Å². The summed E-state index contributed by atoms with van der Waals surface area (Å²) in [5.74, 6) is 0.580. The molecule has 1 aliphatic heterocycles. The van der Waals surface area contributed by atoms with Gasteiger partial charge in [-0.2, -0.15) is 0 Å². The Balaban J connectivity index is 1.47. The number of rotatable bonds is 7. The Hall–Kier alpha value is -2.08. The standard InChI is InChI=1S/C19H27N3O3/c1-25-14-2-9-20-18(23)15-5-7-17(8-6-15)21-10-12-22(13-11-21)19(24)16-3-4-16/h5-8,16H,2-4,9-14H2,1H3,(H,20,23). The molecule has 1 aliphatic carbocycles. The van der Waals surface area contributed by atoms with Crippen molar-refractivity contribution in [1.29, 1.82) is 0 Å². The number of nitrogens with one attached hydrogen (secondary N) is 1. The van der Waals surface area contributed by atoms with Crippen LogP contribution in [0.3, 0.4) is 0 Å². The molecule has 1 saturated heterocycles. The molecule has 3 rings (SSSR count). The molecule has 0 unspecified atom stereocenters. The fraction of sp³-hybridized carbons (Fsp3) is 0.579. The third-order valence-corrected chi connectivity index (χ3v) is 4.82. The molecule has 6 heteroatoms. The summed E-state index contributed by atoms with van der Waals surface area (Å²) in [7, 11) is 1.65. The monoisotopic (exact) mass is 345 g/mol. The minimum absolute atomic E-state index is 0.0532. The highest BCUT2D eigenvalue weighted by molar-refractivity contribution is 5.94. The number of anilines is 1. The maximum atomic E-state index is 12.1. The van der Waals surface area contributed by atoms with Gasteiger partial charge in [-0.3, -0.25) is 9.59 Å². The van der Waals surface area contributed by atoms with Gasteiger partial charge in [0, 0.05) is 63.6 Å². The van der Waals surface area contributed by atoms with Gasteiger partial charge in [0.05, 0.1) is 0 Å². The van der Waals surface area contributed by atoms with Crippen LogP contribution in [0.25, 0.3) is 0 Å². The number of benzene rings is 1. The first-order valence-electron chi connectivity index (χ1n) is 9.10. The molecule has 1 aromatic carbocycles. The average molecular weight is 345 g/mol. The van der Waals surface area contributed by atoms with Crippen molar-refractivity contribution in [3.8, 4) is 0 Å². The van der Waals surface area contributed by atoms with E-state index in [1.54, 1.807) is 7.11 Å². The van der Waals surface area contributed by atoms with E-state index in [4.69, 9.17) is 4.74 Å². The van der Waals surface area contributed by atoms with Gasteiger partial charge in [0.25, 0.3) is 5.91 Å². The summed E-state index contributed by atoms with van der Waals surface area (Å²) < 4.78 is 4.97. The zero-order chi connectivity index (χ0) is 17.6. The molecular formula is C19H27N3O3. The number of hydrogen-bond donors (Lipinski definition) is 1. The zero-order valence-corrected chi connectivity index (χ0v) is 14.9. The highest BCUT2D eigenvalue weighted by Crippen LogP contribution is 2.31. The molecule has 1 N–H and O–H groups in total. The van der Waals surface area contributed by atoms with E-state index in [-0.39, 0.29) is 5.91 Å². The van der Waals surface area contributed by atoms with Crippen LogP contribution >= 0.6 is 0 Å². The molecule has 2 fully saturated rings. The number of ether oxygens (including phenoxy) is 1. The van der Waals surface area contributed by atoms with Crippen LogP contribution in [0, 0.1) is 5.92 Å². The molecule has 1 saturated carbocycles. The first-order valence-corrected chi connectivity index (χ1v) is 9.10. The SMILES string of the molecule is COCCCNC(=O)c1ccc(N2CCN(C(=O)C3CC3)CC2)cc1. The third kappa shape index (κ3) is 4.72. The van der Waals surface area contributed by atoms with E-state index in [2.05, 4.69) is 10.2 Å². The van der Waals surface area contributed by atoms with Crippen LogP contribution in [0.15, 0.2) is 24.3 Å². The maximum Gasteiger partial charge on any atom is 0.251 e. The van der Waals surface area contributed by atoms with Gasteiger partial charge in [-0.1, -0.05) is 0 Å². The maximum absolute atomic E-state index is 12.1. The lowest BCUT2D eigenvalue weighted by molar-refractivity contribution is -0.132. The van der Waals surface area contributed by atoms with Crippen molar-refractivity contribution in [2.75, 3.05) is 51.3 Å². The Kier molecular flexibility index (Phi) is 5.91. The van der Waals surface area contributed by atoms with Crippen LogP contribution in [0.5, 0.6) is 0 Å². The van der Waals surface area contributed by atoms with Gasteiger partial charge < -0.3 is 19.9 Å². The summed E-state index contributed by atoms with van der Waals surface area (Å²) in [6.07, 6.45) is 2.94. The van der Waals surface area contributed by atoms with Crippen molar-refractivity contribution in [1.82, 2.24) is 10.2 Å². The van der Waals surface area contributed by atoms with Gasteiger partial charge in [-0.05, 0) is 43.5 Å².